The minimum Gasteiger partial charge on any atom is -0.370 e. The molecule has 1 aromatic carbocycles. The number of halogens is 1. The summed E-state index contributed by atoms with van der Waals surface area (Å²) >= 11 is 6.46. The largest absolute Gasteiger partial charge is 0.370 e. The molecule has 2 aromatic heterocycles. The van der Waals surface area contributed by atoms with Crippen molar-refractivity contribution in [1.82, 2.24) is 19.9 Å². The second-order valence-electron chi connectivity index (χ2n) is 8.25. The van der Waals surface area contributed by atoms with Crippen molar-refractivity contribution in [2.75, 3.05) is 29.0 Å². The number of anilines is 3. The summed E-state index contributed by atoms with van der Waals surface area (Å²) in [7, 11) is 0. The second kappa shape index (κ2) is 9.12. The minimum atomic E-state index is -0.260. The highest BCUT2D eigenvalue weighted by Crippen LogP contribution is 2.35. The zero-order valence-electron chi connectivity index (χ0n) is 18.2. The Morgan fingerprint density at radius 1 is 1.31 bits per heavy atom. The lowest BCUT2D eigenvalue weighted by atomic mass is 10.0. The summed E-state index contributed by atoms with van der Waals surface area (Å²) in [6.07, 6.45) is 2.17. The smallest absolute Gasteiger partial charge is 0.228 e. The molecule has 0 spiro atoms. The van der Waals surface area contributed by atoms with Crippen LogP contribution in [0.15, 0.2) is 24.3 Å². The van der Waals surface area contributed by atoms with Crippen LogP contribution in [0.5, 0.6) is 0 Å². The standard InChI is InChI=1S/C22H27ClN8O/c1-12(26-22-28-13(2)27-21(25)30-22)16-10-15-4-3-5-17(23)19(15)29-20(16)31-9-8-14(11-31)6-7-18(24)32/h3-5,10,12,14H,6-9,11H2,1-2H3,(H2,24,32)(H3,25,26,27,28,30)/t12-,14+/m0/s1. The molecular formula is C22H27ClN8O. The molecule has 1 saturated heterocycles. The number of nitrogen functional groups attached to an aromatic ring is 1. The average molecular weight is 455 g/mol. The van der Waals surface area contributed by atoms with Gasteiger partial charge in [0.05, 0.1) is 16.6 Å². The first-order valence-corrected chi connectivity index (χ1v) is 11.0. The van der Waals surface area contributed by atoms with Crippen LogP contribution < -0.4 is 21.7 Å². The maximum Gasteiger partial charge on any atom is 0.228 e. The summed E-state index contributed by atoms with van der Waals surface area (Å²) < 4.78 is 0. The number of para-hydroxylation sites is 1. The number of pyridine rings is 1. The number of benzene rings is 1. The summed E-state index contributed by atoms with van der Waals surface area (Å²) in [6.45, 7) is 5.47. The molecular weight excluding hydrogens is 428 g/mol. The molecule has 3 heterocycles. The number of hydrogen-bond donors (Lipinski definition) is 3. The molecule has 168 valence electrons. The van der Waals surface area contributed by atoms with E-state index in [-0.39, 0.29) is 17.9 Å². The Balaban J connectivity index is 1.68. The third-order valence-corrected chi connectivity index (χ3v) is 6.07. The van der Waals surface area contributed by atoms with Crippen LogP contribution in [0.4, 0.5) is 17.7 Å². The van der Waals surface area contributed by atoms with E-state index < -0.39 is 0 Å². The van der Waals surface area contributed by atoms with Gasteiger partial charge < -0.3 is 21.7 Å². The van der Waals surface area contributed by atoms with Crippen LogP contribution >= 0.6 is 11.6 Å². The third-order valence-electron chi connectivity index (χ3n) is 5.77. The van der Waals surface area contributed by atoms with Crippen LogP contribution in [-0.2, 0) is 4.79 Å². The number of rotatable bonds is 7. The molecule has 1 aliphatic rings. The van der Waals surface area contributed by atoms with Gasteiger partial charge in [0.25, 0.3) is 0 Å². The van der Waals surface area contributed by atoms with Crippen molar-refractivity contribution in [3.63, 3.8) is 0 Å². The van der Waals surface area contributed by atoms with E-state index in [1.165, 1.54) is 0 Å². The van der Waals surface area contributed by atoms with Crippen LogP contribution in [0.2, 0.25) is 5.02 Å². The average Bonchev–Trinajstić information content (AvgIpc) is 3.20. The van der Waals surface area contributed by atoms with E-state index in [0.29, 0.717) is 29.1 Å². The van der Waals surface area contributed by atoms with E-state index in [1.54, 1.807) is 6.92 Å². The number of nitrogens with two attached hydrogens (primary N) is 2. The summed E-state index contributed by atoms with van der Waals surface area (Å²) in [5.41, 5.74) is 12.9. The van der Waals surface area contributed by atoms with Gasteiger partial charge in [0.15, 0.2) is 0 Å². The predicted molar refractivity (Wildman–Crippen MR) is 127 cm³/mol. The Labute approximate surface area is 191 Å². The second-order valence-corrected chi connectivity index (χ2v) is 8.66. The van der Waals surface area contributed by atoms with E-state index >= 15 is 0 Å². The zero-order chi connectivity index (χ0) is 22.8. The number of primary amides is 1. The van der Waals surface area contributed by atoms with E-state index in [9.17, 15) is 4.79 Å². The fourth-order valence-corrected chi connectivity index (χ4v) is 4.41. The van der Waals surface area contributed by atoms with Gasteiger partial charge in [0, 0.05) is 30.5 Å². The molecule has 1 aliphatic heterocycles. The van der Waals surface area contributed by atoms with E-state index in [0.717, 1.165) is 48.2 Å². The Hall–Kier alpha value is -3.20. The van der Waals surface area contributed by atoms with Crippen LogP contribution in [0.25, 0.3) is 10.9 Å². The minimum absolute atomic E-state index is 0.147. The van der Waals surface area contributed by atoms with Crippen molar-refractivity contribution in [3.05, 3.63) is 40.7 Å². The molecule has 9 nitrogen and oxygen atoms in total. The topological polar surface area (TPSA) is 136 Å². The van der Waals surface area contributed by atoms with Gasteiger partial charge >= 0.3 is 0 Å². The molecule has 2 atom stereocenters. The van der Waals surface area contributed by atoms with E-state index in [4.69, 9.17) is 28.1 Å². The molecule has 10 heteroatoms. The molecule has 0 aliphatic carbocycles. The van der Waals surface area contributed by atoms with E-state index in [1.807, 2.05) is 25.1 Å². The van der Waals surface area contributed by atoms with Gasteiger partial charge in [-0.15, -0.1) is 0 Å². The van der Waals surface area contributed by atoms with Crippen LogP contribution in [0.3, 0.4) is 0 Å². The monoisotopic (exact) mass is 454 g/mol. The molecule has 0 bridgehead atoms. The van der Waals surface area contributed by atoms with Crippen molar-refractivity contribution in [3.8, 4) is 0 Å². The number of nitrogens with one attached hydrogen (secondary N) is 1. The molecule has 5 N–H and O–H groups in total. The van der Waals surface area contributed by atoms with E-state index in [2.05, 4.69) is 31.2 Å². The highest BCUT2D eigenvalue weighted by molar-refractivity contribution is 6.35. The number of carbonyl (C=O) groups excluding carboxylic acids is 1. The fraction of sp³-hybridized carbons (Fsp3) is 0.409. The molecule has 0 saturated carbocycles. The third kappa shape index (κ3) is 4.83. The Bertz CT molecular complexity index is 1130. The Kier molecular flexibility index (Phi) is 6.27. The van der Waals surface area contributed by atoms with Crippen molar-refractivity contribution >= 4 is 46.1 Å². The lowest BCUT2D eigenvalue weighted by Crippen LogP contribution is -2.24. The number of carbonyl (C=O) groups is 1. The highest BCUT2D eigenvalue weighted by Gasteiger charge is 2.27. The molecule has 0 unspecified atom stereocenters. The van der Waals surface area contributed by atoms with Gasteiger partial charge in [-0.3, -0.25) is 4.79 Å². The lowest BCUT2D eigenvalue weighted by molar-refractivity contribution is -0.118. The number of aryl methyl sites for hydroxylation is 1. The lowest BCUT2D eigenvalue weighted by Gasteiger charge is -2.25. The fourth-order valence-electron chi connectivity index (χ4n) is 4.19. The Morgan fingerprint density at radius 3 is 2.88 bits per heavy atom. The molecule has 32 heavy (non-hydrogen) atoms. The van der Waals surface area contributed by atoms with Gasteiger partial charge in [-0.05, 0) is 44.7 Å². The number of aromatic nitrogens is 4. The number of amides is 1. The molecule has 3 aromatic rings. The maximum atomic E-state index is 11.2. The van der Waals surface area contributed by atoms with Gasteiger partial charge in [-0.1, -0.05) is 23.7 Å². The maximum absolute atomic E-state index is 11.2. The van der Waals surface area contributed by atoms with Crippen molar-refractivity contribution < 1.29 is 4.79 Å². The molecule has 4 rings (SSSR count). The quantitative estimate of drug-likeness (QED) is 0.495. The van der Waals surface area contributed by atoms with Crippen LogP contribution in [0.1, 0.15) is 43.6 Å². The summed E-state index contributed by atoms with van der Waals surface area (Å²) in [6, 6.07) is 7.72. The summed E-state index contributed by atoms with van der Waals surface area (Å²) in [4.78, 5) is 31.0. The first-order valence-electron chi connectivity index (χ1n) is 10.7. The normalized spacial score (nSPS) is 17.0. The first kappa shape index (κ1) is 22.0. The van der Waals surface area contributed by atoms with Crippen LogP contribution in [0, 0.1) is 12.8 Å². The number of fused-ring (bicyclic) bond motifs is 1. The summed E-state index contributed by atoms with van der Waals surface area (Å²) in [5.74, 6) is 2.14. The van der Waals surface area contributed by atoms with Crippen molar-refractivity contribution in [1.29, 1.82) is 0 Å². The van der Waals surface area contributed by atoms with Crippen molar-refractivity contribution in [2.24, 2.45) is 11.7 Å². The van der Waals surface area contributed by atoms with Crippen LogP contribution in [-0.4, -0.2) is 38.9 Å². The van der Waals surface area contributed by atoms with Gasteiger partial charge in [0.2, 0.25) is 17.8 Å². The molecule has 1 fully saturated rings. The van der Waals surface area contributed by atoms with Crippen molar-refractivity contribution in [2.45, 2.75) is 39.2 Å². The summed E-state index contributed by atoms with van der Waals surface area (Å²) in [5, 5.41) is 4.90. The van der Waals surface area contributed by atoms with Gasteiger partial charge in [0.1, 0.15) is 11.6 Å². The van der Waals surface area contributed by atoms with Gasteiger partial charge in [-0.2, -0.15) is 15.0 Å². The number of nitrogens with zero attached hydrogens (tertiary/aromatic N) is 5. The Morgan fingerprint density at radius 2 is 2.12 bits per heavy atom. The predicted octanol–water partition coefficient (Wildman–Crippen LogP) is 3.23. The molecule has 0 radical (unpaired) electrons. The first-order chi connectivity index (χ1) is 15.3. The SMILES string of the molecule is Cc1nc(N)nc(N[C@@H](C)c2cc3cccc(Cl)c3nc2N2CC[C@@H](CCC(N)=O)C2)n1. The zero-order valence-corrected chi connectivity index (χ0v) is 18.9. The number of hydrogen-bond acceptors (Lipinski definition) is 8. The highest BCUT2D eigenvalue weighted by atomic mass is 35.5. The van der Waals surface area contributed by atoms with Gasteiger partial charge in [-0.25, -0.2) is 4.98 Å². The molecule has 1 amide bonds.